The van der Waals surface area contributed by atoms with Crippen molar-refractivity contribution in [3.8, 4) is 22.8 Å². The van der Waals surface area contributed by atoms with Crippen molar-refractivity contribution in [2.75, 3.05) is 12.2 Å². The molecule has 2 heterocycles. The zero-order valence-corrected chi connectivity index (χ0v) is 15.9. The van der Waals surface area contributed by atoms with Gasteiger partial charge < -0.3 is 9.47 Å². The lowest BCUT2D eigenvalue weighted by Gasteiger charge is -2.09. The number of hydrogen-bond donors (Lipinski definition) is 1. The van der Waals surface area contributed by atoms with E-state index in [1.54, 1.807) is 6.21 Å². The highest BCUT2D eigenvalue weighted by atomic mass is 35.5. The molecule has 6 nitrogen and oxygen atoms in total. The van der Waals surface area contributed by atoms with Crippen LogP contribution in [-0.2, 0) is 0 Å². The van der Waals surface area contributed by atoms with Crippen molar-refractivity contribution in [3.05, 3.63) is 77.3 Å². The van der Waals surface area contributed by atoms with Crippen LogP contribution in [0.25, 0.3) is 22.2 Å². The molecule has 0 saturated carbocycles. The standard InChI is InChI=1S/C22H15ClN4O2/c23-16-7-8-18-17(11-16)21(15-4-2-1-3-5-15)26-22(25-18)27-24-12-14-6-9-19-20(10-14)29-13-28-19/h1-12H,13H2,(H,25,26,27)/b24-12+. The highest BCUT2D eigenvalue weighted by molar-refractivity contribution is 6.31. The number of ether oxygens (including phenoxy) is 2. The van der Waals surface area contributed by atoms with Gasteiger partial charge in [0.05, 0.1) is 17.4 Å². The second kappa shape index (κ2) is 7.41. The number of benzene rings is 3. The first kappa shape index (κ1) is 17.5. The molecule has 5 rings (SSSR count). The van der Waals surface area contributed by atoms with Gasteiger partial charge in [-0.2, -0.15) is 5.10 Å². The van der Waals surface area contributed by atoms with Gasteiger partial charge in [-0.3, -0.25) is 0 Å². The maximum atomic E-state index is 6.20. The molecule has 4 aromatic rings. The highest BCUT2D eigenvalue weighted by Crippen LogP contribution is 2.32. The summed E-state index contributed by atoms with van der Waals surface area (Å²) in [6, 6.07) is 21.1. The van der Waals surface area contributed by atoms with Crippen molar-refractivity contribution in [2.24, 2.45) is 5.10 Å². The molecule has 142 valence electrons. The fraction of sp³-hybridized carbons (Fsp3) is 0.0455. The molecule has 0 fully saturated rings. The summed E-state index contributed by atoms with van der Waals surface area (Å²) in [5.41, 5.74) is 6.34. The van der Waals surface area contributed by atoms with E-state index >= 15 is 0 Å². The number of nitrogens with one attached hydrogen (secondary N) is 1. The monoisotopic (exact) mass is 402 g/mol. The average molecular weight is 403 g/mol. The summed E-state index contributed by atoms with van der Waals surface area (Å²) in [7, 11) is 0. The summed E-state index contributed by atoms with van der Waals surface area (Å²) in [6.45, 7) is 0.241. The first-order valence-electron chi connectivity index (χ1n) is 8.98. The average Bonchev–Trinajstić information content (AvgIpc) is 3.22. The molecule has 0 atom stereocenters. The summed E-state index contributed by atoms with van der Waals surface area (Å²) in [6.07, 6.45) is 1.68. The Kier molecular flexibility index (Phi) is 4.46. The van der Waals surface area contributed by atoms with E-state index in [0.29, 0.717) is 16.7 Å². The molecular formula is C22H15ClN4O2. The van der Waals surface area contributed by atoms with Crippen LogP contribution < -0.4 is 14.9 Å². The number of halogens is 1. The molecule has 1 N–H and O–H groups in total. The number of rotatable bonds is 4. The van der Waals surface area contributed by atoms with Crippen LogP contribution >= 0.6 is 11.6 Å². The normalized spacial score (nSPS) is 12.6. The molecule has 0 amide bonds. The molecule has 0 aliphatic carbocycles. The third-order valence-corrected chi connectivity index (χ3v) is 4.71. The Morgan fingerprint density at radius 2 is 1.79 bits per heavy atom. The maximum absolute atomic E-state index is 6.20. The molecule has 7 heteroatoms. The highest BCUT2D eigenvalue weighted by Gasteiger charge is 2.13. The smallest absolute Gasteiger partial charge is 0.244 e. The molecule has 0 unspecified atom stereocenters. The Hall–Kier alpha value is -3.64. The Morgan fingerprint density at radius 1 is 0.931 bits per heavy atom. The number of aromatic nitrogens is 2. The molecule has 1 aromatic heterocycles. The van der Waals surface area contributed by atoms with Crippen LogP contribution in [0.5, 0.6) is 11.5 Å². The minimum Gasteiger partial charge on any atom is -0.454 e. The van der Waals surface area contributed by atoms with E-state index in [9.17, 15) is 0 Å². The van der Waals surface area contributed by atoms with Crippen molar-refractivity contribution in [1.82, 2.24) is 9.97 Å². The van der Waals surface area contributed by atoms with E-state index < -0.39 is 0 Å². The summed E-state index contributed by atoms with van der Waals surface area (Å²) in [5.74, 6) is 1.84. The second-order valence-electron chi connectivity index (χ2n) is 6.41. The van der Waals surface area contributed by atoms with E-state index in [2.05, 4.69) is 20.5 Å². The van der Waals surface area contributed by atoms with Crippen LogP contribution in [0.15, 0.2) is 71.8 Å². The Bertz CT molecular complexity index is 1230. The summed E-state index contributed by atoms with van der Waals surface area (Å²) in [5, 5.41) is 5.80. The fourth-order valence-electron chi connectivity index (χ4n) is 3.12. The van der Waals surface area contributed by atoms with Gasteiger partial charge >= 0.3 is 0 Å². The summed E-state index contributed by atoms with van der Waals surface area (Å²) in [4.78, 5) is 9.21. The lowest BCUT2D eigenvalue weighted by Crippen LogP contribution is -2.00. The van der Waals surface area contributed by atoms with Crippen LogP contribution in [0.2, 0.25) is 5.02 Å². The lowest BCUT2D eigenvalue weighted by atomic mass is 10.1. The van der Waals surface area contributed by atoms with Crippen molar-refractivity contribution in [1.29, 1.82) is 0 Å². The van der Waals surface area contributed by atoms with Gasteiger partial charge in [0.15, 0.2) is 11.5 Å². The maximum Gasteiger partial charge on any atom is 0.244 e. The van der Waals surface area contributed by atoms with Crippen LogP contribution in [-0.4, -0.2) is 23.0 Å². The number of hydrogen-bond acceptors (Lipinski definition) is 6. The van der Waals surface area contributed by atoms with Crippen LogP contribution in [0.1, 0.15) is 5.56 Å². The number of anilines is 1. The van der Waals surface area contributed by atoms with Crippen LogP contribution in [0.4, 0.5) is 5.95 Å². The molecule has 0 bridgehead atoms. The molecule has 3 aromatic carbocycles. The predicted molar refractivity (Wildman–Crippen MR) is 114 cm³/mol. The third kappa shape index (κ3) is 3.58. The minimum absolute atomic E-state index is 0.241. The Labute approximate surface area is 171 Å². The fourth-order valence-corrected chi connectivity index (χ4v) is 3.30. The first-order valence-corrected chi connectivity index (χ1v) is 9.35. The van der Waals surface area contributed by atoms with Crippen molar-refractivity contribution < 1.29 is 9.47 Å². The van der Waals surface area contributed by atoms with E-state index in [-0.39, 0.29) is 6.79 Å². The molecule has 29 heavy (non-hydrogen) atoms. The number of fused-ring (bicyclic) bond motifs is 2. The quantitative estimate of drug-likeness (QED) is 0.379. The molecule has 0 saturated heterocycles. The largest absolute Gasteiger partial charge is 0.454 e. The van der Waals surface area contributed by atoms with E-state index in [4.69, 9.17) is 21.1 Å². The van der Waals surface area contributed by atoms with Gasteiger partial charge in [0.1, 0.15) is 0 Å². The molecular weight excluding hydrogens is 388 g/mol. The van der Waals surface area contributed by atoms with Gasteiger partial charge in [-0.05, 0) is 42.0 Å². The second-order valence-corrected chi connectivity index (χ2v) is 6.84. The van der Waals surface area contributed by atoms with E-state index in [1.807, 2.05) is 66.7 Å². The van der Waals surface area contributed by atoms with Gasteiger partial charge in [-0.15, -0.1) is 0 Å². The molecule has 1 aliphatic heterocycles. The van der Waals surface area contributed by atoms with Crippen LogP contribution in [0.3, 0.4) is 0 Å². The van der Waals surface area contributed by atoms with Gasteiger partial charge in [-0.1, -0.05) is 41.9 Å². The third-order valence-electron chi connectivity index (χ3n) is 4.48. The lowest BCUT2D eigenvalue weighted by molar-refractivity contribution is 0.174. The Balaban J connectivity index is 1.48. The van der Waals surface area contributed by atoms with Gasteiger partial charge in [0.2, 0.25) is 12.7 Å². The number of hydrazone groups is 1. The summed E-state index contributed by atoms with van der Waals surface area (Å²) >= 11 is 6.20. The molecule has 1 aliphatic rings. The van der Waals surface area contributed by atoms with Crippen molar-refractivity contribution in [2.45, 2.75) is 0 Å². The predicted octanol–water partition coefficient (Wildman–Crippen LogP) is 5.12. The van der Waals surface area contributed by atoms with E-state index in [0.717, 1.165) is 33.5 Å². The number of nitrogens with zero attached hydrogens (tertiary/aromatic N) is 3. The Morgan fingerprint density at radius 3 is 2.69 bits per heavy atom. The zero-order valence-electron chi connectivity index (χ0n) is 15.2. The zero-order chi connectivity index (χ0) is 19.6. The molecule has 0 radical (unpaired) electrons. The van der Waals surface area contributed by atoms with E-state index in [1.165, 1.54) is 0 Å². The van der Waals surface area contributed by atoms with Crippen LogP contribution in [0, 0.1) is 0 Å². The minimum atomic E-state index is 0.241. The molecule has 0 spiro atoms. The topological polar surface area (TPSA) is 68.6 Å². The summed E-state index contributed by atoms with van der Waals surface area (Å²) < 4.78 is 10.7. The van der Waals surface area contributed by atoms with Crippen molar-refractivity contribution in [3.63, 3.8) is 0 Å². The van der Waals surface area contributed by atoms with Gasteiger partial charge in [0, 0.05) is 16.0 Å². The van der Waals surface area contributed by atoms with Gasteiger partial charge in [-0.25, -0.2) is 15.4 Å². The van der Waals surface area contributed by atoms with Crippen molar-refractivity contribution >= 4 is 34.7 Å². The van der Waals surface area contributed by atoms with Gasteiger partial charge in [0.25, 0.3) is 0 Å². The first-order chi connectivity index (χ1) is 14.3. The SMILES string of the molecule is Clc1ccc2nc(N/N=C/c3ccc4c(c3)OCO4)nc(-c3ccccc3)c2c1.